The van der Waals surface area contributed by atoms with Gasteiger partial charge in [-0.25, -0.2) is 0 Å². The zero-order valence-electron chi connectivity index (χ0n) is 9.24. The first-order valence-electron chi connectivity index (χ1n) is 5.08. The van der Waals surface area contributed by atoms with Crippen molar-refractivity contribution in [3.05, 3.63) is 32.3 Å². The first kappa shape index (κ1) is 14.0. The van der Waals surface area contributed by atoms with Gasteiger partial charge in [-0.2, -0.15) is 0 Å². The minimum Gasteiger partial charge on any atom is -0.378 e. The Balaban J connectivity index is 2.96. The average molecular weight is 278 g/mol. The average Bonchev–Trinajstić information content (AvgIpc) is 2.29. The number of halogens is 2. The molecule has 0 aliphatic heterocycles. The van der Waals surface area contributed by atoms with E-state index >= 15 is 0 Å². The van der Waals surface area contributed by atoms with Gasteiger partial charge < -0.3 is 11.1 Å². The minimum atomic E-state index is -0.512. The van der Waals surface area contributed by atoms with Gasteiger partial charge in [-0.05, 0) is 12.5 Å². The third-order valence-corrected chi connectivity index (χ3v) is 3.04. The SMILES string of the molecule is CCC(N)CNc1cc(Cl)c(Cl)cc1[N+](=O)[O-]. The van der Waals surface area contributed by atoms with Crippen LogP contribution in [0.4, 0.5) is 11.4 Å². The molecule has 5 nitrogen and oxygen atoms in total. The third kappa shape index (κ3) is 3.73. The maximum absolute atomic E-state index is 10.8. The standard InChI is InChI=1S/C10H13Cl2N3O2/c1-2-6(13)5-14-9-3-7(11)8(12)4-10(9)15(16)17/h3-4,6,14H,2,5,13H2,1H3. The van der Waals surface area contributed by atoms with Gasteiger partial charge in [0.1, 0.15) is 5.69 Å². The Labute approximate surface area is 109 Å². The molecule has 0 aliphatic rings. The van der Waals surface area contributed by atoms with Crippen LogP contribution in [0.25, 0.3) is 0 Å². The summed E-state index contributed by atoms with van der Waals surface area (Å²) in [4.78, 5) is 10.3. The van der Waals surface area contributed by atoms with Crippen LogP contribution in [0.15, 0.2) is 12.1 Å². The van der Waals surface area contributed by atoms with Gasteiger partial charge in [0.25, 0.3) is 5.69 Å². The number of hydrogen-bond donors (Lipinski definition) is 2. The van der Waals surface area contributed by atoms with Crippen LogP contribution in [-0.2, 0) is 0 Å². The number of anilines is 1. The van der Waals surface area contributed by atoms with Gasteiger partial charge in [-0.15, -0.1) is 0 Å². The summed E-state index contributed by atoms with van der Waals surface area (Å²) in [6.07, 6.45) is 0.780. The second-order valence-corrected chi connectivity index (χ2v) is 4.40. The summed E-state index contributed by atoms with van der Waals surface area (Å²) in [7, 11) is 0. The fourth-order valence-corrected chi connectivity index (χ4v) is 1.54. The molecular formula is C10H13Cl2N3O2. The molecule has 0 aliphatic carbocycles. The van der Waals surface area contributed by atoms with E-state index in [1.807, 2.05) is 6.92 Å². The summed E-state index contributed by atoms with van der Waals surface area (Å²) < 4.78 is 0. The molecule has 94 valence electrons. The van der Waals surface area contributed by atoms with Crippen molar-refractivity contribution < 1.29 is 4.92 Å². The Hall–Kier alpha value is -1.04. The molecule has 0 amide bonds. The van der Waals surface area contributed by atoms with E-state index in [-0.39, 0.29) is 21.8 Å². The van der Waals surface area contributed by atoms with Crippen LogP contribution >= 0.6 is 23.2 Å². The van der Waals surface area contributed by atoms with Crippen molar-refractivity contribution in [2.45, 2.75) is 19.4 Å². The van der Waals surface area contributed by atoms with Crippen molar-refractivity contribution in [3.8, 4) is 0 Å². The van der Waals surface area contributed by atoms with Gasteiger partial charge in [0.15, 0.2) is 0 Å². The third-order valence-electron chi connectivity index (χ3n) is 2.31. The number of nitro benzene ring substituents is 1. The van der Waals surface area contributed by atoms with Gasteiger partial charge in [0.2, 0.25) is 0 Å². The summed E-state index contributed by atoms with van der Waals surface area (Å²) in [6.45, 7) is 2.38. The highest BCUT2D eigenvalue weighted by Crippen LogP contribution is 2.33. The molecule has 7 heteroatoms. The number of benzene rings is 1. The van der Waals surface area contributed by atoms with E-state index in [2.05, 4.69) is 5.32 Å². The zero-order valence-corrected chi connectivity index (χ0v) is 10.8. The number of rotatable bonds is 5. The molecule has 3 N–H and O–H groups in total. The van der Waals surface area contributed by atoms with Crippen LogP contribution in [0, 0.1) is 10.1 Å². The van der Waals surface area contributed by atoms with Crippen LogP contribution in [0.5, 0.6) is 0 Å². The Morgan fingerprint density at radius 1 is 1.47 bits per heavy atom. The highest BCUT2D eigenvalue weighted by atomic mass is 35.5. The lowest BCUT2D eigenvalue weighted by Gasteiger charge is -2.12. The number of hydrogen-bond acceptors (Lipinski definition) is 4. The van der Waals surface area contributed by atoms with Gasteiger partial charge in [-0.3, -0.25) is 10.1 Å². The molecule has 1 aromatic carbocycles. The number of nitro groups is 1. The lowest BCUT2D eigenvalue weighted by atomic mass is 10.2. The predicted octanol–water partition coefficient (Wildman–Crippen LogP) is 3.05. The lowest BCUT2D eigenvalue weighted by molar-refractivity contribution is -0.383. The van der Waals surface area contributed by atoms with Crippen molar-refractivity contribution in [3.63, 3.8) is 0 Å². The highest BCUT2D eigenvalue weighted by Gasteiger charge is 2.17. The van der Waals surface area contributed by atoms with E-state index in [9.17, 15) is 10.1 Å². The molecule has 1 rings (SSSR count). The summed E-state index contributed by atoms with van der Waals surface area (Å²) in [5.41, 5.74) is 5.94. The van der Waals surface area contributed by atoms with E-state index < -0.39 is 4.92 Å². The van der Waals surface area contributed by atoms with E-state index in [0.717, 1.165) is 6.42 Å². The Kier molecular flexibility index (Phi) is 4.99. The van der Waals surface area contributed by atoms with Gasteiger partial charge >= 0.3 is 0 Å². The highest BCUT2D eigenvalue weighted by molar-refractivity contribution is 6.42. The summed E-state index contributed by atoms with van der Waals surface area (Å²) in [5, 5.41) is 14.2. The second kappa shape index (κ2) is 6.05. The molecular weight excluding hydrogens is 265 g/mol. The molecule has 0 heterocycles. The van der Waals surface area contributed by atoms with Gasteiger partial charge in [0.05, 0.1) is 15.0 Å². The number of nitrogens with zero attached hydrogens (tertiary/aromatic N) is 1. The number of nitrogens with two attached hydrogens (primary N) is 1. The number of nitrogens with one attached hydrogen (secondary N) is 1. The minimum absolute atomic E-state index is 0.0657. The first-order valence-corrected chi connectivity index (χ1v) is 5.84. The van der Waals surface area contributed by atoms with E-state index in [1.165, 1.54) is 12.1 Å². The van der Waals surface area contributed by atoms with Crippen LogP contribution in [0.1, 0.15) is 13.3 Å². The Bertz CT molecular complexity index is 426. The topological polar surface area (TPSA) is 81.2 Å². The van der Waals surface area contributed by atoms with Crippen LogP contribution in [0.2, 0.25) is 10.0 Å². The summed E-state index contributed by atoms with van der Waals surface area (Å²) in [6, 6.07) is 2.60. The van der Waals surface area contributed by atoms with Crippen LogP contribution in [0.3, 0.4) is 0 Å². The largest absolute Gasteiger partial charge is 0.378 e. The van der Waals surface area contributed by atoms with E-state index in [1.54, 1.807) is 0 Å². The van der Waals surface area contributed by atoms with E-state index in [4.69, 9.17) is 28.9 Å². The monoisotopic (exact) mass is 277 g/mol. The molecule has 0 aromatic heterocycles. The van der Waals surface area contributed by atoms with Crippen molar-refractivity contribution in [1.82, 2.24) is 0 Å². The molecule has 1 atom stereocenters. The van der Waals surface area contributed by atoms with E-state index in [0.29, 0.717) is 12.2 Å². The smallest absolute Gasteiger partial charge is 0.293 e. The second-order valence-electron chi connectivity index (χ2n) is 3.59. The van der Waals surface area contributed by atoms with Gasteiger partial charge in [0, 0.05) is 18.7 Å². The maximum atomic E-state index is 10.8. The van der Waals surface area contributed by atoms with Crippen molar-refractivity contribution in [1.29, 1.82) is 0 Å². The van der Waals surface area contributed by atoms with Crippen LogP contribution in [-0.4, -0.2) is 17.5 Å². The van der Waals surface area contributed by atoms with Gasteiger partial charge in [-0.1, -0.05) is 30.1 Å². The molecule has 1 unspecified atom stereocenters. The molecule has 1 aromatic rings. The van der Waals surface area contributed by atoms with Crippen molar-refractivity contribution >= 4 is 34.6 Å². The summed E-state index contributed by atoms with van der Waals surface area (Å²) in [5.74, 6) is 0. The zero-order chi connectivity index (χ0) is 13.0. The molecule has 0 bridgehead atoms. The van der Waals surface area contributed by atoms with Crippen LogP contribution < -0.4 is 11.1 Å². The molecule has 0 saturated carbocycles. The lowest BCUT2D eigenvalue weighted by Crippen LogP contribution is -2.28. The molecule has 0 fully saturated rings. The van der Waals surface area contributed by atoms with Crippen molar-refractivity contribution in [2.24, 2.45) is 5.73 Å². The Morgan fingerprint density at radius 2 is 2.06 bits per heavy atom. The Morgan fingerprint density at radius 3 is 2.59 bits per heavy atom. The van der Waals surface area contributed by atoms with Crippen molar-refractivity contribution in [2.75, 3.05) is 11.9 Å². The molecule has 0 radical (unpaired) electrons. The molecule has 17 heavy (non-hydrogen) atoms. The first-order chi connectivity index (χ1) is 7.95. The fraction of sp³-hybridized carbons (Fsp3) is 0.400. The predicted molar refractivity (Wildman–Crippen MR) is 69.9 cm³/mol. The normalized spacial score (nSPS) is 12.2. The maximum Gasteiger partial charge on any atom is 0.293 e. The quantitative estimate of drug-likeness (QED) is 0.640. The molecule has 0 saturated heterocycles. The molecule has 0 spiro atoms. The summed E-state index contributed by atoms with van der Waals surface area (Å²) >= 11 is 11.5. The fourth-order valence-electron chi connectivity index (χ4n) is 1.21.